The summed E-state index contributed by atoms with van der Waals surface area (Å²) in [5.41, 5.74) is 0.328. The molecular weight excluding hydrogens is 283 g/mol. The van der Waals surface area contributed by atoms with Gasteiger partial charge in [0, 0.05) is 30.6 Å². The number of benzene rings is 1. The number of fused-ring (bicyclic) bond motifs is 1. The zero-order valence-electron chi connectivity index (χ0n) is 12.4. The monoisotopic (exact) mass is 303 g/mol. The van der Waals surface area contributed by atoms with Crippen molar-refractivity contribution in [1.29, 1.82) is 0 Å². The van der Waals surface area contributed by atoms with Gasteiger partial charge in [0.05, 0.1) is 6.42 Å². The topological polar surface area (TPSA) is 32.7 Å². The average Bonchev–Trinajstić information content (AvgIpc) is 2.32. The minimum atomic E-state index is -4.16. The van der Waals surface area contributed by atoms with Crippen LogP contribution in [0.2, 0.25) is 0 Å². The van der Waals surface area contributed by atoms with Gasteiger partial charge in [-0.1, -0.05) is 6.07 Å². The van der Waals surface area contributed by atoms with E-state index in [4.69, 9.17) is 4.74 Å². The largest absolute Gasteiger partial charge is 0.508 e. The molecule has 1 heterocycles. The van der Waals surface area contributed by atoms with E-state index in [1.807, 2.05) is 13.8 Å². The second kappa shape index (κ2) is 5.40. The number of nitrogens with zero attached hydrogens (tertiary/aromatic N) is 1. The number of halogens is 3. The molecule has 0 bridgehead atoms. The quantitative estimate of drug-likeness (QED) is 0.920. The standard InChI is InChI=1S/C15H20F3NO2/c1-14(2)9-12(19(3)7-6-15(16,17)18)11-5-4-10(20)8-13(11)21-14/h4-5,8,12,20H,6-7,9H2,1-3H3. The normalized spacial score (nSPS) is 21.0. The fourth-order valence-corrected chi connectivity index (χ4v) is 2.65. The molecular formula is C15H20F3NO2. The molecule has 0 spiro atoms. The highest BCUT2D eigenvalue weighted by atomic mass is 19.4. The summed E-state index contributed by atoms with van der Waals surface area (Å²) in [4.78, 5) is 1.70. The first kappa shape index (κ1) is 15.9. The summed E-state index contributed by atoms with van der Waals surface area (Å²) in [6, 6.07) is 4.60. The summed E-state index contributed by atoms with van der Waals surface area (Å²) in [6.07, 6.45) is -4.40. The Kier molecular flexibility index (Phi) is 4.10. The highest BCUT2D eigenvalue weighted by molar-refractivity contribution is 5.44. The zero-order valence-corrected chi connectivity index (χ0v) is 12.4. The third-order valence-electron chi connectivity index (χ3n) is 3.71. The molecule has 1 unspecified atom stereocenters. The molecule has 1 N–H and O–H groups in total. The van der Waals surface area contributed by atoms with Crippen LogP contribution in [-0.4, -0.2) is 35.4 Å². The second-order valence-electron chi connectivity index (χ2n) is 6.15. The van der Waals surface area contributed by atoms with Crippen molar-refractivity contribution in [2.24, 2.45) is 0 Å². The molecule has 1 aromatic carbocycles. The lowest BCUT2D eigenvalue weighted by molar-refractivity contribution is -0.139. The molecule has 21 heavy (non-hydrogen) atoms. The Bertz CT molecular complexity index is 514. The van der Waals surface area contributed by atoms with E-state index in [1.54, 1.807) is 18.0 Å². The molecule has 0 radical (unpaired) electrons. The minimum absolute atomic E-state index is 0.0649. The molecule has 0 fully saturated rings. The molecule has 118 valence electrons. The summed E-state index contributed by atoms with van der Waals surface area (Å²) in [5.74, 6) is 0.623. The lowest BCUT2D eigenvalue weighted by Crippen LogP contribution is -2.41. The molecule has 3 nitrogen and oxygen atoms in total. The van der Waals surface area contributed by atoms with Gasteiger partial charge >= 0.3 is 6.18 Å². The summed E-state index contributed by atoms with van der Waals surface area (Å²) in [7, 11) is 1.69. The maximum Gasteiger partial charge on any atom is 0.390 e. The Balaban J connectivity index is 2.23. The molecule has 0 saturated heterocycles. The van der Waals surface area contributed by atoms with Crippen LogP contribution in [0.4, 0.5) is 13.2 Å². The molecule has 2 rings (SSSR count). The van der Waals surface area contributed by atoms with E-state index in [1.165, 1.54) is 12.1 Å². The first-order valence-electron chi connectivity index (χ1n) is 6.86. The van der Waals surface area contributed by atoms with Crippen LogP contribution in [0.25, 0.3) is 0 Å². The number of aromatic hydroxyl groups is 1. The Morgan fingerprint density at radius 1 is 1.38 bits per heavy atom. The zero-order chi connectivity index (χ0) is 15.8. The van der Waals surface area contributed by atoms with Gasteiger partial charge in [-0.05, 0) is 27.0 Å². The van der Waals surface area contributed by atoms with Crippen molar-refractivity contribution >= 4 is 0 Å². The molecule has 1 aliphatic heterocycles. The molecule has 1 aliphatic rings. The maximum absolute atomic E-state index is 12.4. The fourth-order valence-electron chi connectivity index (χ4n) is 2.65. The van der Waals surface area contributed by atoms with Gasteiger partial charge in [0.1, 0.15) is 17.1 Å². The van der Waals surface area contributed by atoms with Gasteiger partial charge in [-0.2, -0.15) is 13.2 Å². The van der Waals surface area contributed by atoms with Crippen LogP contribution in [0.15, 0.2) is 18.2 Å². The highest BCUT2D eigenvalue weighted by Crippen LogP contribution is 2.43. The van der Waals surface area contributed by atoms with E-state index >= 15 is 0 Å². The van der Waals surface area contributed by atoms with Crippen molar-refractivity contribution in [2.45, 2.75) is 44.5 Å². The Morgan fingerprint density at radius 3 is 2.67 bits per heavy atom. The van der Waals surface area contributed by atoms with Crippen molar-refractivity contribution in [3.05, 3.63) is 23.8 Å². The number of ether oxygens (including phenoxy) is 1. The molecule has 1 atom stereocenters. The van der Waals surface area contributed by atoms with Gasteiger partial charge in [-0.3, -0.25) is 4.90 Å². The van der Waals surface area contributed by atoms with Crippen molar-refractivity contribution in [3.63, 3.8) is 0 Å². The highest BCUT2D eigenvalue weighted by Gasteiger charge is 2.37. The van der Waals surface area contributed by atoms with Gasteiger partial charge in [-0.15, -0.1) is 0 Å². The number of hydrogen-bond donors (Lipinski definition) is 1. The van der Waals surface area contributed by atoms with Gasteiger partial charge in [-0.25, -0.2) is 0 Å². The molecule has 0 aliphatic carbocycles. The predicted octanol–water partition coefficient (Wildman–Crippen LogP) is 3.88. The van der Waals surface area contributed by atoms with Crippen LogP contribution >= 0.6 is 0 Å². The maximum atomic E-state index is 12.4. The van der Waals surface area contributed by atoms with E-state index < -0.39 is 18.2 Å². The third kappa shape index (κ3) is 4.03. The van der Waals surface area contributed by atoms with Crippen LogP contribution in [0.3, 0.4) is 0 Å². The van der Waals surface area contributed by atoms with Gasteiger partial charge in [0.2, 0.25) is 0 Å². The van der Waals surface area contributed by atoms with Crippen molar-refractivity contribution in [2.75, 3.05) is 13.6 Å². The molecule has 1 aromatic rings. The fraction of sp³-hybridized carbons (Fsp3) is 0.600. The van der Waals surface area contributed by atoms with Crippen LogP contribution in [-0.2, 0) is 0 Å². The van der Waals surface area contributed by atoms with Crippen molar-refractivity contribution in [3.8, 4) is 11.5 Å². The Hall–Kier alpha value is -1.43. The van der Waals surface area contributed by atoms with Gasteiger partial charge in [0.15, 0.2) is 0 Å². The lowest BCUT2D eigenvalue weighted by Gasteiger charge is -2.41. The number of rotatable bonds is 3. The second-order valence-corrected chi connectivity index (χ2v) is 6.15. The number of phenols is 1. The molecule has 0 aromatic heterocycles. The van der Waals surface area contributed by atoms with E-state index in [0.29, 0.717) is 12.2 Å². The molecule has 0 amide bonds. The van der Waals surface area contributed by atoms with Crippen LogP contribution in [0.5, 0.6) is 11.5 Å². The summed E-state index contributed by atoms with van der Waals surface area (Å²) in [5, 5.41) is 9.55. The first-order valence-corrected chi connectivity index (χ1v) is 6.86. The van der Waals surface area contributed by atoms with Gasteiger partial charge < -0.3 is 9.84 Å². The average molecular weight is 303 g/mol. The van der Waals surface area contributed by atoms with Crippen LogP contribution < -0.4 is 4.74 Å². The van der Waals surface area contributed by atoms with E-state index in [-0.39, 0.29) is 18.3 Å². The van der Waals surface area contributed by atoms with Crippen molar-refractivity contribution in [1.82, 2.24) is 4.90 Å². The summed E-state index contributed by atoms with van der Waals surface area (Å²) < 4.78 is 43.0. The summed E-state index contributed by atoms with van der Waals surface area (Å²) in [6.45, 7) is 3.72. The van der Waals surface area contributed by atoms with Crippen molar-refractivity contribution < 1.29 is 23.0 Å². The summed E-state index contributed by atoms with van der Waals surface area (Å²) >= 11 is 0. The first-order chi connectivity index (χ1) is 9.57. The molecule has 0 saturated carbocycles. The SMILES string of the molecule is CN(CCC(F)(F)F)C1CC(C)(C)Oc2cc(O)ccc21. The van der Waals surface area contributed by atoms with E-state index in [0.717, 1.165) is 5.56 Å². The lowest BCUT2D eigenvalue weighted by atomic mass is 9.88. The number of alkyl halides is 3. The number of phenolic OH excluding ortho intramolecular Hbond substituents is 1. The third-order valence-corrected chi connectivity index (χ3v) is 3.71. The van der Waals surface area contributed by atoms with Crippen LogP contribution in [0, 0.1) is 0 Å². The van der Waals surface area contributed by atoms with E-state index in [2.05, 4.69) is 0 Å². The van der Waals surface area contributed by atoms with Gasteiger partial charge in [0.25, 0.3) is 0 Å². The Labute approximate surface area is 122 Å². The van der Waals surface area contributed by atoms with Crippen LogP contribution in [0.1, 0.15) is 38.3 Å². The minimum Gasteiger partial charge on any atom is -0.508 e. The predicted molar refractivity (Wildman–Crippen MR) is 73.5 cm³/mol. The number of hydrogen-bond acceptors (Lipinski definition) is 3. The smallest absolute Gasteiger partial charge is 0.390 e. The molecule has 6 heteroatoms. The van der Waals surface area contributed by atoms with E-state index in [9.17, 15) is 18.3 Å². The Morgan fingerprint density at radius 2 is 2.05 bits per heavy atom.